The van der Waals surface area contributed by atoms with Crippen molar-refractivity contribution in [3.63, 3.8) is 0 Å². The molecular formula is C12H20N2O2S. The molecule has 1 aromatic rings. The predicted octanol–water partition coefficient (Wildman–Crippen LogP) is 2.08. The maximum absolute atomic E-state index is 12.2. The van der Waals surface area contributed by atoms with Gasteiger partial charge in [0.05, 0.1) is 0 Å². The van der Waals surface area contributed by atoms with E-state index in [9.17, 15) is 8.42 Å². The highest BCUT2D eigenvalue weighted by Gasteiger charge is 2.25. The molecule has 0 unspecified atom stereocenters. The Morgan fingerprint density at radius 1 is 1.12 bits per heavy atom. The molecule has 0 spiro atoms. The maximum atomic E-state index is 12.2. The fraction of sp³-hybridized carbons (Fsp3) is 0.583. The molecule has 1 aromatic heterocycles. The van der Waals surface area contributed by atoms with Gasteiger partial charge in [-0.25, -0.2) is 18.1 Å². The molecule has 0 aliphatic heterocycles. The van der Waals surface area contributed by atoms with Crippen LogP contribution < -0.4 is 4.72 Å². The van der Waals surface area contributed by atoms with E-state index in [1.165, 1.54) is 0 Å². The number of hydrogen-bond donors (Lipinski definition) is 1. The maximum Gasteiger partial charge on any atom is 0.258 e. The summed E-state index contributed by atoms with van der Waals surface area (Å²) < 4.78 is 26.9. The Bertz CT molecular complexity index is 528. The van der Waals surface area contributed by atoms with Gasteiger partial charge in [-0.05, 0) is 58.2 Å². The summed E-state index contributed by atoms with van der Waals surface area (Å²) in [5.41, 5.74) is 2.17. The van der Waals surface area contributed by atoms with Gasteiger partial charge in [-0.2, -0.15) is 0 Å². The summed E-state index contributed by atoms with van der Waals surface area (Å²) in [6.07, 6.45) is 1.60. The third-order valence-corrected chi connectivity index (χ3v) is 4.35. The van der Waals surface area contributed by atoms with Gasteiger partial charge in [-0.3, -0.25) is 0 Å². The molecular weight excluding hydrogens is 236 g/mol. The van der Waals surface area contributed by atoms with Gasteiger partial charge in [0.15, 0.2) is 5.03 Å². The molecule has 1 N–H and O–H groups in total. The first-order valence-corrected chi connectivity index (χ1v) is 7.00. The van der Waals surface area contributed by atoms with Crippen LogP contribution in [0.25, 0.3) is 0 Å². The number of rotatable bonds is 2. The molecule has 0 bridgehead atoms. The lowest BCUT2D eigenvalue weighted by Gasteiger charge is -2.21. The van der Waals surface area contributed by atoms with Crippen molar-refractivity contribution in [3.8, 4) is 0 Å². The van der Waals surface area contributed by atoms with E-state index in [-0.39, 0.29) is 5.03 Å². The van der Waals surface area contributed by atoms with Crippen molar-refractivity contribution in [2.75, 3.05) is 0 Å². The first-order valence-electron chi connectivity index (χ1n) is 5.51. The third kappa shape index (κ3) is 3.26. The van der Waals surface area contributed by atoms with Crippen LogP contribution in [0.1, 0.15) is 37.5 Å². The summed E-state index contributed by atoms with van der Waals surface area (Å²) in [5, 5.41) is 0.121. The van der Waals surface area contributed by atoms with Crippen molar-refractivity contribution in [2.45, 2.75) is 52.1 Å². The van der Waals surface area contributed by atoms with Crippen molar-refractivity contribution in [1.29, 1.82) is 0 Å². The lowest BCUT2D eigenvalue weighted by atomic mass is 10.1. The van der Waals surface area contributed by atoms with Gasteiger partial charge < -0.3 is 0 Å². The first kappa shape index (κ1) is 14.1. The molecule has 0 radical (unpaired) electrons. The quantitative estimate of drug-likeness (QED) is 0.881. The molecule has 0 atom stereocenters. The minimum Gasteiger partial charge on any atom is -0.243 e. The van der Waals surface area contributed by atoms with Gasteiger partial charge in [0, 0.05) is 11.7 Å². The summed E-state index contributed by atoms with van der Waals surface area (Å²) >= 11 is 0. The highest BCUT2D eigenvalue weighted by molar-refractivity contribution is 7.89. The smallest absolute Gasteiger partial charge is 0.243 e. The number of aromatic nitrogens is 1. The molecule has 0 saturated carbocycles. The van der Waals surface area contributed by atoms with Gasteiger partial charge in [0.2, 0.25) is 0 Å². The van der Waals surface area contributed by atoms with E-state index in [1.54, 1.807) is 33.9 Å². The number of sulfonamides is 1. The fourth-order valence-electron chi connectivity index (χ4n) is 1.53. The predicted molar refractivity (Wildman–Crippen MR) is 68.5 cm³/mol. The Labute approximate surface area is 104 Å². The first-order chi connectivity index (χ1) is 7.54. The largest absolute Gasteiger partial charge is 0.258 e. The molecule has 4 nitrogen and oxygen atoms in total. The van der Waals surface area contributed by atoms with Gasteiger partial charge >= 0.3 is 0 Å². The van der Waals surface area contributed by atoms with E-state index in [0.717, 1.165) is 11.1 Å². The van der Waals surface area contributed by atoms with Crippen LogP contribution in [-0.4, -0.2) is 18.9 Å². The molecule has 17 heavy (non-hydrogen) atoms. The van der Waals surface area contributed by atoms with Crippen LogP contribution >= 0.6 is 0 Å². The molecule has 0 fully saturated rings. The Hall–Kier alpha value is -0.940. The summed E-state index contributed by atoms with van der Waals surface area (Å²) in [4.78, 5) is 4.04. The van der Waals surface area contributed by atoms with Crippen LogP contribution in [0.15, 0.2) is 11.2 Å². The summed E-state index contributed by atoms with van der Waals surface area (Å²) in [5.74, 6) is 0. The molecule has 0 saturated heterocycles. The number of aryl methyl sites for hydroxylation is 1. The SMILES string of the molecule is Cc1cnc(S(=O)(=O)NC(C)(C)C)c(C)c1C. The van der Waals surface area contributed by atoms with Crippen molar-refractivity contribution in [2.24, 2.45) is 0 Å². The van der Waals surface area contributed by atoms with Gasteiger partial charge in [-0.1, -0.05) is 0 Å². The topological polar surface area (TPSA) is 59.1 Å². The van der Waals surface area contributed by atoms with Crippen LogP contribution in [0.3, 0.4) is 0 Å². The van der Waals surface area contributed by atoms with E-state index in [1.807, 2.05) is 13.8 Å². The monoisotopic (exact) mass is 256 g/mol. The summed E-state index contributed by atoms with van der Waals surface area (Å²) in [6.45, 7) is 11.0. The van der Waals surface area contributed by atoms with Crippen molar-refractivity contribution >= 4 is 10.0 Å². The van der Waals surface area contributed by atoms with Crippen LogP contribution in [0, 0.1) is 20.8 Å². The normalized spacial score (nSPS) is 12.8. The molecule has 0 aliphatic rings. The highest BCUT2D eigenvalue weighted by atomic mass is 32.2. The Balaban J connectivity index is 3.31. The zero-order valence-corrected chi connectivity index (χ0v) is 12.1. The van der Waals surface area contributed by atoms with E-state index < -0.39 is 15.6 Å². The Morgan fingerprint density at radius 2 is 1.65 bits per heavy atom. The second-order valence-electron chi connectivity index (χ2n) is 5.35. The zero-order valence-electron chi connectivity index (χ0n) is 11.2. The van der Waals surface area contributed by atoms with Crippen molar-refractivity contribution in [3.05, 3.63) is 22.9 Å². The van der Waals surface area contributed by atoms with Gasteiger partial charge in [0.1, 0.15) is 0 Å². The molecule has 0 aliphatic carbocycles. The van der Waals surface area contributed by atoms with Crippen molar-refractivity contribution in [1.82, 2.24) is 9.71 Å². The molecule has 1 rings (SSSR count). The average Bonchev–Trinajstić information content (AvgIpc) is 2.09. The van der Waals surface area contributed by atoms with Gasteiger partial charge in [0.25, 0.3) is 10.0 Å². The molecule has 0 amide bonds. The summed E-state index contributed by atoms with van der Waals surface area (Å²) in [7, 11) is -3.55. The van der Waals surface area contributed by atoms with Crippen LogP contribution in [-0.2, 0) is 10.0 Å². The minimum absolute atomic E-state index is 0.121. The number of hydrogen-bond acceptors (Lipinski definition) is 3. The molecule has 5 heteroatoms. The molecule has 0 aromatic carbocycles. The van der Waals surface area contributed by atoms with Crippen LogP contribution in [0.5, 0.6) is 0 Å². The standard InChI is InChI=1S/C12H20N2O2S/c1-8-7-13-11(10(3)9(8)2)17(15,16)14-12(4,5)6/h7,14H,1-6H3. The second-order valence-corrected chi connectivity index (χ2v) is 6.95. The van der Waals surface area contributed by atoms with Gasteiger partial charge in [-0.15, -0.1) is 0 Å². The zero-order chi connectivity index (χ0) is 13.4. The summed E-state index contributed by atoms with van der Waals surface area (Å²) in [6, 6.07) is 0. The van der Waals surface area contributed by atoms with Crippen LogP contribution in [0.4, 0.5) is 0 Å². The number of nitrogens with one attached hydrogen (secondary N) is 1. The lowest BCUT2D eigenvalue weighted by molar-refractivity contribution is 0.489. The van der Waals surface area contributed by atoms with Crippen LogP contribution in [0.2, 0.25) is 0 Å². The lowest BCUT2D eigenvalue weighted by Crippen LogP contribution is -2.41. The van der Waals surface area contributed by atoms with E-state index in [0.29, 0.717) is 5.56 Å². The Kier molecular flexibility index (Phi) is 3.64. The second kappa shape index (κ2) is 4.38. The molecule has 1 heterocycles. The molecule has 96 valence electrons. The third-order valence-electron chi connectivity index (χ3n) is 2.55. The average molecular weight is 256 g/mol. The van der Waals surface area contributed by atoms with Crippen molar-refractivity contribution < 1.29 is 8.42 Å². The number of nitrogens with zero attached hydrogens (tertiary/aromatic N) is 1. The fourth-order valence-corrected chi connectivity index (χ4v) is 3.18. The van der Waals surface area contributed by atoms with E-state index >= 15 is 0 Å². The minimum atomic E-state index is -3.55. The Morgan fingerprint density at radius 3 is 2.12 bits per heavy atom. The number of pyridine rings is 1. The van der Waals surface area contributed by atoms with E-state index in [4.69, 9.17) is 0 Å². The highest BCUT2D eigenvalue weighted by Crippen LogP contribution is 2.19. The van der Waals surface area contributed by atoms with E-state index in [2.05, 4.69) is 9.71 Å².